The molecule has 1 aromatic heterocycles. The maximum Gasteiger partial charge on any atom is 0.254 e. The van der Waals surface area contributed by atoms with Gasteiger partial charge in [-0.2, -0.15) is 5.10 Å². The Morgan fingerprint density at radius 1 is 1.29 bits per heavy atom. The Morgan fingerprint density at radius 2 is 2.00 bits per heavy atom. The number of amides is 1. The van der Waals surface area contributed by atoms with E-state index in [-0.39, 0.29) is 18.0 Å². The van der Waals surface area contributed by atoms with Gasteiger partial charge in [-0.05, 0) is 49.9 Å². The van der Waals surface area contributed by atoms with Gasteiger partial charge >= 0.3 is 0 Å². The predicted molar refractivity (Wildman–Crippen MR) is 90.7 cm³/mol. The van der Waals surface area contributed by atoms with Crippen LogP contribution < -0.4 is 14.8 Å². The van der Waals surface area contributed by atoms with Crippen molar-refractivity contribution in [2.45, 2.75) is 38.8 Å². The molecule has 1 amide bonds. The van der Waals surface area contributed by atoms with Crippen LogP contribution >= 0.6 is 0 Å². The Kier molecular flexibility index (Phi) is 4.46. The molecule has 0 fully saturated rings. The minimum absolute atomic E-state index is 0.0188. The first-order valence-corrected chi connectivity index (χ1v) is 8.13. The van der Waals surface area contributed by atoms with Crippen molar-refractivity contribution in [1.29, 1.82) is 0 Å². The quantitative estimate of drug-likeness (QED) is 0.916. The average Bonchev–Trinajstić information content (AvgIpc) is 3.21. The van der Waals surface area contributed by atoms with Gasteiger partial charge in [-0.3, -0.25) is 9.48 Å². The van der Waals surface area contributed by atoms with Gasteiger partial charge in [0, 0.05) is 12.2 Å². The molecule has 1 atom stereocenters. The Balaban J connectivity index is 1.79. The number of carbonyl (C=O) groups is 1. The van der Waals surface area contributed by atoms with Gasteiger partial charge in [0.05, 0.1) is 32.0 Å². The van der Waals surface area contributed by atoms with Crippen molar-refractivity contribution in [3.63, 3.8) is 0 Å². The molecule has 1 heterocycles. The summed E-state index contributed by atoms with van der Waals surface area (Å²) in [5.74, 6) is 1.31. The highest BCUT2D eigenvalue weighted by molar-refractivity contribution is 5.94. The number of hydrogen-bond donors (Lipinski definition) is 1. The van der Waals surface area contributed by atoms with Crippen LogP contribution in [-0.2, 0) is 6.42 Å². The monoisotopic (exact) mass is 329 g/mol. The number of nitrogens with one attached hydrogen (secondary N) is 1. The molecule has 0 unspecified atom stereocenters. The van der Waals surface area contributed by atoms with Crippen LogP contribution in [0.2, 0.25) is 0 Å². The van der Waals surface area contributed by atoms with Gasteiger partial charge in [-0.25, -0.2) is 0 Å². The standard InChI is InChI=1S/C18H23N3O3/c1-11(2)21-10-13(9-19-21)18(22)20-15-6-5-12-7-16(23-3)17(24-4)8-14(12)15/h7-11,15H,5-6H2,1-4H3,(H,20,22)/t15-/m0/s1. The van der Waals surface area contributed by atoms with Crippen LogP contribution in [0.3, 0.4) is 0 Å². The van der Waals surface area contributed by atoms with Crippen molar-refractivity contribution in [3.8, 4) is 11.5 Å². The number of ether oxygens (including phenoxy) is 2. The molecule has 2 aromatic rings. The topological polar surface area (TPSA) is 65.4 Å². The predicted octanol–water partition coefficient (Wildman–Crippen LogP) is 2.90. The van der Waals surface area contributed by atoms with Gasteiger partial charge < -0.3 is 14.8 Å². The Bertz CT molecular complexity index is 752. The third kappa shape index (κ3) is 2.96. The first kappa shape index (κ1) is 16.4. The van der Waals surface area contributed by atoms with Crippen molar-refractivity contribution in [3.05, 3.63) is 41.2 Å². The number of methoxy groups -OCH3 is 2. The zero-order valence-corrected chi connectivity index (χ0v) is 14.5. The molecule has 0 saturated heterocycles. The first-order valence-electron chi connectivity index (χ1n) is 8.13. The van der Waals surface area contributed by atoms with Gasteiger partial charge in [0.25, 0.3) is 5.91 Å². The van der Waals surface area contributed by atoms with Crippen LogP contribution in [0.25, 0.3) is 0 Å². The summed E-state index contributed by atoms with van der Waals surface area (Å²) in [6, 6.07) is 4.17. The molecule has 0 spiro atoms. The van der Waals surface area contributed by atoms with Crippen LogP contribution in [0, 0.1) is 0 Å². The summed E-state index contributed by atoms with van der Waals surface area (Å²) < 4.78 is 12.5. The van der Waals surface area contributed by atoms with Crippen LogP contribution in [0.4, 0.5) is 0 Å². The fraction of sp³-hybridized carbons (Fsp3) is 0.444. The zero-order valence-electron chi connectivity index (χ0n) is 14.5. The summed E-state index contributed by atoms with van der Waals surface area (Å²) in [4.78, 5) is 12.5. The minimum Gasteiger partial charge on any atom is -0.493 e. The molecule has 0 aliphatic heterocycles. The van der Waals surface area contributed by atoms with E-state index in [9.17, 15) is 4.79 Å². The van der Waals surface area contributed by atoms with Crippen LogP contribution in [0.5, 0.6) is 11.5 Å². The summed E-state index contributed by atoms with van der Waals surface area (Å²) in [5, 5.41) is 7.33. The van der Waals surface area contributed by atoms with Gasteiger partial charge in [-0.15, -0.1) is 0 Å². The Hall–Kier alpha value is -2.50. The van der Waals surface area contributed by atoms with E-state index in [1.54, 1.807) is 31.3 Å². The van der Waals surface area contributed by atoms with Crippen molar-refractivity contribution < 1.29 is 14.3 Å². The number of aromatic nitrogens is 2. The molecule has 1 N–H and O–H groups in total. The largest absolute Gasteiger partial charge is 0.493 e. The third-order valence-corrected chi connectivity index (χ3v) is 4.42. The van der Waals surface area contributed by atoms with Crippen molar-refractivity contribution in [2.24, 2.45) is 0 Å². The molecule has 6 heteroatoms. The summed E-state index contributed by atoms with van der Waals surface area (Å²) in [5.41, 5.74) is 2.87. The van der Waals surface area contributed by atoms with E-state index in [1.807, 2.05) is 26.0 Å². The number of carbonyl (C=O) groups excluding carboxylic acids is 1. The number of aryl methyl sites for hydroxylation is 1. The zero-order chi connectivity index (χ0) is 17.3. The molecule has 1 aliphatic carbocycles. The molecule has 3 rings (SSSR count). The van der Waals surface area contributed by atoms with Crippen LogP contribution in [0.1, 0.15) is 53.8 Å². The van der Waals surface area contributed by atoms with Gasteiger partial charge in [0.15, 0.2) is 11.5 Å². The SMILES string of the molecule is COc1cc2c(cc1OC)[C@@H](NC(=O)c1cnn(C(C)C)c1)CC2. The lowest BCUT2D eigenvalue weighted by Crippen LogP contribution is -2.26. The third-order valence-electron chi connectivity index (χ3n) is 4.42. The van der Waals surface area contributed by atoms with E-state index in [1.165, 1.54) is 5.56 Å². The molecule has 1 aromatic carbocycles. The lowest BCUT2D eigenvalue weighted by Gasteiger charge is -2.16. The normalized spacial score (nSPS) is 16.1. The van der Waals surface area contributed by atoms with Crippen molar-refractivity contribution >= 4 is 5.91 Å². The second-order valence-corrected chi connectivity index (χ2v) is 6.27. The number of rotatable bonds is 5. The van der Waals surface area contributed by atoms with E-state index in [0.29, 0.717) is 11.3 Å². The van der Waals surface area contributed by atoms with Crippen LogP contribution in [0.15, 0.2) is 24.5 Å². The number of hydrogen-bond acceptors (Lipinski definition) is 4. The molecule has 0 saturated carbocycles. The average molecular weight is 329 g/mol. The minimum atomic E-state index is -0.102. The maximum absolute atomic E-state index is 12.5. The molecule has 0 radical (unpaired) electrons. The summed E-state index contributed by atoms with van der Waals surface area (Å²) >= 11 is 0. The Labute approximate surface area is 141 Å². The lowest BCUT2D eigenvalue weighted by atomic mass is 10.1. The highest BCUT2D eigenvalue weighted by atomic mass is 16.5. The molecular formula is C18H23N3O3. The number of benzene rings is 1. The molecule has 24 heavy (non-hydrogen) atoms. The van der Waals surface area contributed by atoms with Crippen LogP contribution in [-0.4, -0.2) is 29.9 Å². The lowest BCUT2D eigenvalue weighted by molar-refractivity contribution is 0.0936. The van der Waals surface area contributed by atoms with Gasteiger partial charge in [-0.1, -0.05) is 0 Å². The second-order valence-electron chi connectivity index (χ2n) is 6.27. The van der Waals surface area contributed by atoms with E-state index >= 15 is 0 Å². The van der Waals surface area contributed by atoms with Gasteiger partial charge in [0.2, 0.25) is 0 Å². The van der Waals surface area contributed by atoms with E-state index in [2.05, 4.69) is 10.4 Å². The number of nitrogens with zero attached hydrogens (tertiary/aromatic N) is 2. The molecule has 128 valence electrons. The fourth-order valence-electron chi connectivity index (χ4n) is 3.06. The van der Waals surface area contributed by atoms with Crippen molar-refractivity contribution in [2.75, 3.05) is 14.2 Å². The summed E-state index contributed by atoms with van der Waals surface area (Å²) in [6.07, 6.45) is 5.17. The Morgan fingerprint density at radius 3 is 2.62 bits per heavy atom. The second kappa shape index (κ2) is 6.55. The smallest absolute Gasteiger partial charge is 0.254 e. The van der Waals surface area contributed by atoms with E-state index in [0.717, 1.165) is 24.2 Å². The van der Waals surface area contributed by atoms with Gasteiger partial charge in [0.1, 0.15) is 0 Å². The van der Waals surface area contributed by atoms with E-state index in [4.69, 9.17) is 9.47 Å². The highest BCUT2D eigenvalue weighted by Gasteiger charge is 2.27. The molecule has 6 nitrogen and oxygen atoms in total. The summed E-state index contributed by atoms with van der Waals surface area (Å²) in [7, 11) is 3.25. The molecular weight excluding hydrogens is 306 g/mol. The highest BCUT2D eigenvalue weighted by Crippen LogP contribution is 2.39. The number of fused-ring (bicyclic) bond motifs is 1. The summed E-state index contributed by atoms with van der Waals surface area (Å²) in [6.45, 7) is 4.06. The van der Waals surface area contributed by atoms with Crippen molar-refractivity contribution in [1.82, 2.24) is 15.1 Å². The van der Waals surface area contributed by atoms with E-state index < -0.39 is 0 Å². The molecule has 1 aliphatic rings. The molecule has 0 bridgehead atoms. The maximum atomic E-state index is 12.5. The first-order chi connectivity index (χ1) is 11.5. The fourth-order valence-corrected chi connectivity index (χ4v) is 3.06.